The number of unbranched alkanes of at least 4 members (excludes halogenated alkanes) is 5. The van der Waals surface area contributed by atoms with Gasteiger partial charge in [0.25, 0.3) is 0 Å². The Kier molecular flexibility index (Phi) is 10.3. The van der Waals surface area contributed by atoms with Gasteiger partial charge in [-0.1, -0.05) is 52.9 Å². The molecule has 0 atom stereocenters. The fourth-order valence-electron chi connectivity index (χ4n) is 1.65. The van der Waals surface area contributed by atoms with Crippen molar-refractivity contribution in [3.05, 3.63) is 0 Å². The molecule has 0 spiro atoms. The highest BCUT2D eigenvalue weighted by Crippen LogP contribution is 2.36. The molecular weight excluding hydrogens is 311 g/mol. The van der Waals surface area contributed by atoms with Crippen molar-refractivity contribution in [2.24, 2.45) is 0 Å². The van der Waals surface area contributed by atoms with Crippen molar-refractivity contribution in [2.45, 2.75) is 83.5 Å². The van der Waals surface area contributed by atoms with Crippen molar-refractivity contribution in [1.82, 2.24) is 0 Å². The van der Waals surface area contributed by atoms with Gasteiger partial charge >= 0.3 is 0 Å². The molecule has 0 aliphatic carbocycles. The zero-order valence-electron chi connectivity index (χ0n) is 13.4. The first-order chi connectivity index (χ1) is 8.67. The van der Waals surface area contributed by atoms with Crippen LogP contribution in [-0.4, -0.2) is 22.3 Å². The lowest BCUT2D eigenvalue weighted by Crippen LogP contribution is -2.40. The molecule has 0 unspecified atom stereocenters. The summed E-state index contributed by atoms with van der Waals surface area (Å²) in [5.74, 6) is 0. The number of hydrogen-bond donors (Lipinski definition) is 0. The molecule has 0 heterocycles. The number of rotatable bonds is 10. The lowest BCUT2D eigenvalue weighted by molar-refractivity contribution is 0.277. The van der Waals surface area contributed by atoms with Gasteiger partial charge in [-0.05, 0) is 30.6 Å². The lowest BCUT2D eigenvalue weighted by atomic mass is 10.1. The maximum Gasteiger partial charge on any atom is 0.237 e. The largest absolute Gasteiger partial charge is 0.417 e. The minimum absolute atomic E-state index is 0.330. The van der Waals surface area contributed by atoms with Crippen LogP contribution in [0.25, 0.3) is 0 Å². The van der Waals surface area contributed by atoms with E-state index < -0.39 is 15.7 Å². The van der Waals surface area contributed by atoms with Crippen LogP contribution >= 0.6 is 22.2 Å². The first-order valence-electron chi connectivity index (χ1n) is 7.59. The Balaban J connectivity index is 3.41. The van der Waals surface area contributed by atoms with Crippen molar-refractivity contribution < 1.29 is 4.43 Å². The van der Waals surface area contributed by atoms with Gasteiger partial charge in [0, 0.05) is 6.61 Å². The predicted molar refractivity (Wildman–Crippen MR) is 94.5 cm³/mol. The Hall–Kier alpha value is 0.974. The monoisotopic (exact) mass is 342 g/mol. The van der Waals surface area contributed by atoms with Crippen LogP contribution in [0.15, 0.2) is 0 Å². The maximum absolute atomic E-state index is 6.16. The topological polar surface area (TPSA) is 9.23 Å². The molecule has 0 fully saturated rings. The van der Waals surface area contributed by atoms with Gasteiger partial charge in [0.05, 0.1) is 0 Å². The molecule has 0 saturated carbocycles. The summed E-state index contributed by atoms with van der Waals surface area (Å²) in [5.41, 5.74) is 0. The summed E-state index contributed by atoms with van der Waals surface area (Å²) in [7, 11) is -2.87. The highest BCUT2D eigenvalue weighted by Gasteiger charge is 2.36. The van der Waals surface area contributed by atoms with Crippen LogP contribution in [0.3, 0.4) is 0 Å². The quantitative estimate of drug-likeness (QED) is 0.267. The molecule has 5 heteroatoms. The molecule has 0 aliphatic rings. The van der Waals surface area contributed by atoms with E-state index in [0.717, 1.165) is 12.7 Å². The molecule has 0 aromatic carbocycles. The van der Waals surface area contributed by atoms with E-state index in [0.29, 0.717) is 5.04 Å². The first kappa shape index (κ1) is 20.0. The molecule has 0 rings (SSSR count). The third kappa shape index (κ3) is 10.4. The van der Waals surface area contributed by atoms with Gasteiger partial charge in [-0.15, -0.1) is 0 Å². The second-order valence-electron chi connectivity index (χ2n) is 6.91. The molecule has 116 valence electrons. The van der Waals surface area contributed by atoms with Gasteiger partial charge in [-0.25, -0.2) is 0 Å². The van der Waals surface area contributed by atoms with Crippen LogP contribution < -0.4 is 0 Å². The average molecular weight is 343 g/mol. The second kappa shape index (κ2) is 9.83. The normalized spacial score (nSPS) is 13.3. The summed E-state index contributed by atoms with van der Waals surface area (Å²) >= 11 is 11.7. The zero-order chi connectivity index (χ0) is 14.9. The molecule has 0 aromatic heterocycles. The summed E-state index contributed by atoms with van der Waals surface area (Å²) in [6.45, 7) is 12.5. The summed E-state index contributed by atoms with van der Waals surface area (Å²) in [4.78, 5) is 0. The highest BCUT2D eigenvalue weighted by atomic mass is 35.7. The smallest absolute Gasteiger partial charge is 0.237 e. The van der Waals surface area contributed by atoms with Crippen LogP contribution in [0.1, 0.15) is 59.3 Å². The van der Waals surface area contributed by atoms with Gasteiger partial charge in [-0.2, -0.15) is 22.2 Å². The van der Waals surface area contributed by atoms with E-state index in [1.54, 1.807) is 0 Å². The number of halogens is 2. The SMILES string of the molecule is CC(C)(C)[Si](C)(C)OCCCCCCCC[SiH](Cl)Cl. The van der Waals surface area contributed by atoms with Crippen LogP contribution in [0.2, 0.25) is 24.2 Å². The Morgan fingerprint density at radius 1 is 0.895 bits per heavy atom. The fourth-order valence-corrected chi connectivity index (χ4v) is 4.26. The summed E-state index contributed by atoms with van der Waals surface area (Å²) < 4.78 is 6.16. The van der Waals surface area contributed by atoms with E-state index in [1.807, 2.05) is 0 Å². The van der Waals surface area contributed by atoms with Gasteiger partial charge < -0.3 is 4.43 Å². The van der Waals surface area contributed by atoms with E-state index in [4.69, 9.17) is 26.6 Å². The molecule has 0 aliphatic heterocycles. The molecular formula is C14H32Cl2OSi2. The molecule has 0 saturated heterocycles. The molecule has 0 aromatic rings. The van der Waals surface area contributed by atoms with Crippen molar-refractivity contribution in [3.63, 3.8) is 0 Å². The number of hydrogen-bond acceptors (Lipinski definition) is 1. The van der Waals surface area contributed by atoms with Gasteiger partial charge in [0.15, 0.2) is 8.32 Å². The van der Waals surface area contributed by atoms with E-state index >= 15 is 0 Å². The molecule has 1 nitrogen and oxygen atoms in total. The predicted octanol–water partition coefficient (Wildman–Crippen LogP) is 6.05. The van der Waals surface area contributed by atoms with Gasteiger partial charge in [-0.3, -0.25) is 0 Å². The Morgan fingerprint density at radius 3 is 1.84 bits per heavy atom. The summed E-state index contributed by atoms with van der Waals surface area (Å²) in [6, 6.07) is 1.07. The van der Waals surface area contributed by atoms with E-state index in [1.165, 1.54) is 38.5 Å². The third-order valence-electron chi connectivity index (χ3n) is 4.09. The van der Waals surface area contributed by atoms with Crippen molar-refractivity contribution in [2.75, 3.05) is 6.61 Å². The second-order valence-corrected chi connectivity index (χ2v) is 16.9. The fraction of sp³-hybridized carbons (Fsp3) is 1.00. The van der Waals surface area contributed by atoms with Crippen molar-refractivity contribution in [1.29, 1.82) is 0 Å². The van der Waals surface area contributed by atoms with Crippen molar-refractivity contribution in [3.8, 4) is 0 Å². The zero-order valence-corrected chi connectivity index (χ0v) is 17.1. The van der Waals surface area contributed by atoms with Crippen LogP contribution in [0.4, 0.5) is 0 Å². The average Bonchev–Trinajstić information content (AvgIpc) is 2.24. The molecule has 0 bridgehead atoms. The van der Waals surface area contributed by atoms with Crippen LogP contribution in [-0.2, 0) is 4.43 Å². The van der Waals surface area contributed by atoms with E-state index in [-0.39, 0.29) is 0 Å². The lowest BCUT2D eigenvalue weighted by Gasteiger charge is -2.36. The summed E-state index contributed by atoms with van der Waals surface area (Å²) in [5, 5.41) is 0.330. The van der Waals surface area contributed by atoms with Crippen LogP contribution in [0.5, 0.6) is 0 Å². The Morgan fingerprint density at radius 2 is 1.37 bits per heavy atom. The molecule has 0 N–H and O–H groups in total. The third-order valence-corrected chi connectivity index (χ3v) is 10.8. The maximum atomic E-state index is 6.16. The Labute approximate surface area is 132 Å². The van der Waals surface area contributed by atoms with Gasteiger partial charge in [0.2, 0.25) is 7.42 Å². The molecule has 0 amide bonds. The summed E-state index contributed by atoms with van der Waals surface area (Å²) in [6.07, 6.45) is 7.62. The van der Waals surface area contributed by atoms with Crippen molar-refractivity contribution >= 4 is 37.9 Å². The molecule has 19 heavy (non-hydrogen) atoms. The minimum atomic E-state index is -1.52. The first-order valence-corrected chi connectivity index (χ1v) is 14.8. The Bertz CT molecular complexity index is 228. The standard InChI is InChI=1S/C14H32Cl2OSi2/c1-14(2,3)19(4,5)17-12-10-8-6-7-9-11-13-18(15)16/h18H,6-13H2,1-5H3. The van der Waals surface area contributed by atoms with Gasteiger partial charge in [0.1, 0.15) is 0 Å². The highest BCUT2D eigenvalue weighted by molar-refractivity contribution is 7.33. The minimum Gasteiger partial charge on any atom is -0.417 e. The molecule has 0 radical (unpaired) electrons. The van der Waals surface area contributed by atoms with E-state index in [9.17, 15) is 0 Å². The van der Waals surface area contributed by atoms with E-state index in [2.05, 4.69) is 33.9 Å². The van der Waals surface area contributed by atoms with Crippen LogP contribution in [0, 0.1) is 0 Å².